The predicted molar refractivity (Wildman–Crippen MR) is 113 cm³/mol. The lowest BCUT2D eigenvalue weighted by Gasteiger charge is -2.13. The SMILES string of the molecule is O=C1c2ccccc2C(=O)N1CCCCCOc1cccc(-c2ccccc2)c1. The van der Waals surface area contributed by atoms with Crippen molar-refractivity contribution in [3.05, 3.63) is 90.0 Å². The fourth-order valence-corrected chi connectivity index (χ4v) is 3.58. The summed E-state index contributed by atoms with van der Waals surface area (Å²) in [6, 6.07) is 25.3. The van der Waals surface area contributed by atoms with Crippen molar-refractivity contribution in [2.45, 2.75) is 19.3 Å². The van der Waals surface area contributed by atoms with Gasteiger partial charge in [-0.05, 0) is 54.7 Å². The quantitative estimate of drug-likeness (QED) is 0.396. The number of fused-ring (bicyclic) bond motifs is 1. The molecule has 0 aromatic heterocycles. The van der Waals surface area contributed by atoms with E-state index in [1.165, 1.54) is 10.5 Å². The highest BCUT2D eigenvalue weighted by Crippen LogP contribution is 2.24. The summed E-state index contributed by atoms with van der Waals surface area (Å²) in [5.41, 5.74) is 3.32. The van der Waals surface area contributed by atoms with Crippen LogP contribution in [-0.4, -0.2) is 29.9 Å². The van der Waals surface area contributed by atoms with E-state index in [2.05, 4.69) is 18.2 Å². The summed E-state index contributed by atoms with van der Waals surface area (Å²) >= 11 is 0. The molecule has 0 spiro atoms. The van der Waals surface area contributed by atoms with Crippen LogP contribution in [0.3, 0.4) is 0 Å². The Morgan fingerprint density at radius 2 is 1.31 bits per heavy atom. The van der Waals surface area contributed by atoms with E-state index in [1.807, 2.05) is 36.4 Å². The van der Waals surface area contributed by atoms with Gasteiger partial charge in [-0.2, -0.15) is 0 Å². The fourth-order valence-electron chi connectivity index (χ4n) is 3.58. The van der Waals surface area contributed by atoms with E-state index in [4.69, 9.17) is 4.74 Å². The van der Waals surface area contributed by atoms with Gasteiger partial charge in [0.1, 0.15) is 5.75 Å². The second kappa shape index (κ2) is 8.74. The first-order valence-corrected chi connectivity index (χ1v) is 9.97. The normalized spacial score (nSPS) is 12.9. The molecule has 4 rings (SSSR count). The van der Waals surface area contributed by atoms with Gasteiger partial charge in [0.15, 0.2) is 0 Å². The number of carbonyl (C=O) groups is 2. The van der Waals surface area contributed by atoms with Crippen molar-refractivity contribution in [1.82, 2.24) is 4.90 Å². The van der Waals surface area contributed by atoms with Crippen LogP contribution >= 0.6 is 0 Å². The molecule has 146 valence electrons. The van der Waals surface area contributed by atoms with Crippen LogP contribution in [-0.2, 0) is 0 Å². The third-order valence-corrected chi connectivity index (χ3v) is 5.11. The van der Waals surface area contributed by atoms with Crippen LogP contribution in [0.25, 0.3) is 11.1 Å². The van der Waals surface area contributed by atoms with Crippen molar-refractivity contribution in [3.8, 4) is 16.9 Å². The molecule has 0 N–H and O–H groups in total. The molecule has 0 atom stereocenters. The van der Waals surface area contributed by atoms with Crippen LogP contribution in [0.15, 0.2) is 78.9 Å². The number of ether oxygens (including phenoxy) is 1. The lowest BCUT2D eigenvalue weighted by atomic mass is 10.1. The van der Waals surface area contributed by atoms with Gasteiger partial charge in [0.25, 0.3) is 11.8 Å². The van der Waals surface area contributed by atoms with Gasteiger partial charge in [-0.1, -0.05) is 54.6 Å². The predicted octanol–water partition coefficient (Wildman–Crippen LogP) is 5.20. The van der Waals surface area contributed by atoms with Crippen molar-refractivity contribution >= 4 is 11.8 Å². The number of hydrogen-bond acceptors (Lipinski definition) is 3. The Bertz CT molecular complexity index is 978. The Morgan fingerprint density at radius 3 is 2.03 bits per heavy atom. The van der Waals surface area contributed by atoms with E-state index < -0.39 is 0 Å². The summed E-state index contributed by atoms with van der Waals surface area (Å²) in [7, 11) is 0. The van der Waals surface area contributed by atoms with Crippen LogP contribution in [0.4, 0.5) is 0 Å². The Kier molecular flexibility index (Phi) is 5.71. The minimum Gasteiger partial charge on any atom is -0.494 e. The van der Waals surface area contributed by atoms with Crippen LogP contribution in [0.2, 0.25) is 0 Å². The molecule has 0 unspecified atom stereocenters. The first kappa shape index (κ1) is 18.9. The topological polar surface area (TPSA) is 46.6 Å². The van der Waals surface area contributed by atoms with Gasteiger partial charge >= 0.3 is 0 Å². The average molecular weight is 385 g/mol. The molecule has 0 aliphatic carbocycles. The maximum atomic E-state index is 12.3. The second-order valence-electron chi connectivity index (χ2n) is 7.11. The number of nitrogens with zero attached hydrogens (tertiary/aromatic N) is 1. The minimum atomic E-state index is -0.181. The highest BCUT2D eigenvalue weighted by molar-refractivity contribution is 6.21. The molecule has 29 heavy (non-hydrogen) atoms. The van der Waals surface area contributed by atoms with Gasteiger partial charge in [-0.3, -0.25) is 14.5 Å². The van der Waals surface area contributed by atoms with Crippen LogP contribution in [0.1, 0.15) is 40.0 Å². The molecule has 3 aromatic rings. The zero-order valence-electron chi connectivity index (χ0n) is 16.2. The van der Waals surface area contributed by atoms with Crippen molar-refractivity contribution < 1.29 is 14.3 Å². The average Bonchev–Trinajstić information content (AvgIpc) is 3.02. The molecule has 0 saturated carbocycles. The fraction of sp³-hybridized carbons (Fsp3) is 0.200. The van der Waals surface area contributed by atoms with Gasteiger partial charge in [0.05, 0.1) is 17.7 Å². The lowest BCUT2D eigenvalue weighted by Crippen LogP contribution is -2.30. The number of rotatable bonds is 8. The third-order valence-electron chi connectivity index (χ3n) is 5.11. The highest BCUT2D eigenvalue weighted by Gasteiger charge is 2.34. The summed E-state index contributed by atoms with van der Waals surface area (Å²) in [6.45, 7) is 1.07. The Hall–Kier alpha value is -3.40. The zero-order valence-corrected chi connectivity index (χ0v) is 16.2. The first-order valence-electron chi connectivity index (χ1n) is 9.97. The number of unbranched alkanes of at least 4 members (excludes halogenated alkanes) is 2. The summed E-state index contributed by atoms with van der Waals surface area (Å²) in [5.74, 6) is 0.492. The van der Waals surface area contributed by atoms with E-state index in [-0.39, 0.29) is 11.8 Å². The largest absolute Gasteiger partial charge is 0.494 e. The minimum absolute atomic E-state index is 0.181. The standard InChI is InChI=1S/C25H23NO3/c27-24-22-14-5-6-15-23(22)25(28)26(24)16-7-2-8-17-29-21-13-9-12-20(18-21)19-10-3-1-4-11-19/h1,3-6,9-15,18H,2,7-8,16-17H2. The number of carbonyl (C=O) groups excluding carboxylic acids is 2. The van der Waals surface area contributed by atoms with E-state index in [0.29, 0.717) is 24.3 Å². The highest BCUT2D eigenvalue weighted by atomic mass is 16.5. The number of amides is 2. The van der Waals surface area contributed by atoms with Crippen molar-refractivity contribution in [3.63, 3.8) is 0 Å². The smallest absolute Gasteiger partial charge is 0.261 e. The third kappa shape index (κ3) is 4.21. The van der Waals surface area contributed by atoms with Crippen LogP contribution < -0.4 is 4.74 Å². The zero-order chi connectivity index (χ0) is 20.1. The summed E-state index contributed by atoms with van der Waals surface area (Å²) in [4.78, 5) is 26.0. The summed E-state index contributed by atoms with van der Waals surface area (Å²) in [6.07, 6.45) is 2.55. The molecule has 4 nitrogen and oxygen atoms in total. The maximum Gasteiger partial charge on any atom is 0.261 e. The molecule has 1 heterocycles. The monoisotopic (exact) mass is 385 g/mol. The molecule has 0 bridgehead atoms. The molecule has 2 amide bonds. The van der Waals surface area contributed by atoms with Crippen molar-refractivity contribution in [2.24, 2.45) is 0 Å². The molecule has 0 saturated heterocycles. The Balaban J connectivity index is 1.21. The maximum absolute atomic E-state index is 12.3. The molecule has 3 aromatic carbocycles. The van der Waals surface area contributed by atoms with E-state index >= 15 is 0 Å². The van der Waals surface area contributed by atoms with Gasteiger partial charge < -0.3 is 4.74 Å². The van der Waals surface area contributed by atoms with Gasteiger partial charge in [0, 0.05) is 6.54 Å². The molecule has 0 radical (unpaired) electrons. The Morgan fingerprint density at radius 1 is 0.655 bits per heavy atom. The molecule has 1 aliphatic rings. The molecule has 1 aliphatic heterocycles. The Labute approximate surface area is 170 Å². The van der Waals surface area contributed by atoms with Crippen LogP contribution in [0, 0.1) is 0 Å². The van der Waals surface area contributed by atoms with Gasteiger partial charge in [-0.15, -0.1) is 0 Å². The molecule has 4 heteroatoms. The van der Waals surface area contributed by atoms with E-state index in [9.17, 15) is 9.59 Å². The molecule has 0 fully saturated rings. The van der Waals surface area contributed by atoms with Crippen LogP contribution in [0.5, 0.6) is 5.75 Å². The van der Waals surface area contributed by atoms with Crippen molar-refractivity contribution in [2.75, 3.05) is 13.2 Å². The number of benzene rings is 3. The van der Waals surface area contributed by atoms with E-state index in [0.717, 1.165) is 30.6 Å². The number of hydrogen-bond donors (Lipinski definition) is 0. The summed E-state index contributed by atoms with van der Waals surface area (Å²) < 4.78 is 5.89. The van der Waals surface area contributed by atoms with E-state index in [1.54, 1.807) is 24.3 Å². The molecular weight excluding hydrogens is 362 g/mol. The van der Waals surface area contributed by atoms with Crippen molar-refractivity contribution in [1.29, 1.82) is 0 Å². The van der Waals surface area contributed by atoms with Gasteiger partial charge in [-0.25, -0.2) is 0 Å². The molecular formula is C25H23NO3. The van der Waals surface area contributed by atoms with Gasteiger partial charge in [0.2, 0.25) is 0 Å². The number of imide groups is 1. The second-order valence-corrected chi connectivity index (χ2v) is 7.11. The lowest BCUT2D eigenvalue weighted by molar-refractivity contribution is 0.0651. The summed E-state index contributed by atoms with van der Waals surface area (Å²) in [5, 5.41) is 0. The first-order chi connectivity index (χ1) is 14.2.